The molecule has 0 radical (unpaired) electrons. The summed E-state index contributed by atoms with van der Waals surface area (Å²) in [5.41, 5.74) is 6.56. The molecule has 0 unspecified atom stereocenters. The highest BCUT2D eigenvalue weighted by Crippen LogP contribution is 2.26. The lowest BCUT2D eigenvalue weighted by Gasteiger charge is -2.02. The molecular formula is C8H6Cl2N2. The second-order valence-electron chi connectivity index (χ2n) is 2.25. The molecule has 0 aliphatic heterocycles. The highest BCUT2D eigenvalue weighted by Gasteiger charge is 2.05. The van der Waals surface area contributed by atoms with E-state index in [-0.39, 0.29) is 6.54 Å². The Bertz CT molecular complexity index is 342. The maximum Gasteiger partial charge on any atom is 0.0992 e. The number of halogens is 2. The minimum atomic E-state index is 0.286. The number of benzene rings is 1. The molecule has 1 aromatic rings. The fourth-order valence-electron chi connectivity index (χ4n) is 0.859. The summed E-state index contributed by atoms with van der Waals surface area (Å²) in [5, 5.41) is 9.38. The molecule has 0 fully saturated rings. The zero-order valence-electron chi connectivity index (χ0n) is 6.14. The third kappa shape index (κ3) is 1.70. The number of hydrogen-bond acceptors (Lipinski definition) is 2. The van der Waals surface area contributed by atoms with E-state index in [4.69, 9.17) is 34.2 Å². The second kappa shape index (κ2) is 3.77. The van der Waals surface area contributed by atoms with Crippen molar-refractivity contribution in [3.63, 3.8) is 0 Å². The third-order valence-electron chi connectivity index (χ3n) is 1.45. The van der Waals surface area contributed by atoms with Gasteiger partial charge in [0.1, 0.15) is 0 Å². The average molecular weight is 201 g/mol. The van der Waals surface area contributed by atoms with Crippen molar-refractivity contribution in [1.29, 1.82) is 5.26 Å². The van der Waals surface area contributed by atoms with Crippen LogP contribution in [0.25, 0.3) is 0 Å². The van der Waals surface area contributed by atoms with Gasteiger partial charge >= 0.3 is 0 Å². The van der Waals surface area contributed by atoms with Gasteiger partial charge in [0.05, 0.1) is 21.7 Å². The van der Waals surface area contributed by atoms with Gasteiger partial charge in [-0.3, -0.25) is 0 Å². The van der Waals surface area contributed by atoms with Crippen molar-refractivity contribution >= 4 is 23.2 Å². The van der Waals surface area contributed by atoms with Crippen LogP contribution in [0.3, 0.4) is 0 Å². The Labute approximate surface area is 80.5 Å². The number of rotatable bonds is 1. The molecule has 0 aliphatic rings. The van der Waals surface area contributed by atoms with Gasteiger partial charge in [-0.1, -0.05) is 23.2 Å². The Balaban J connectivity index is 3.31. The summed E-state index contributed by atoms with van der Waals surface area (Å²) in [6, 6.07) is 5.12. The van der Waals surface area contributed by atoms with Crippen LogP contribution in [0.5, 0.6) is 0 Å². The standard InChI is InChI=1S/C8H6Cl2N2/c9-7-2-5(3-11)1-6(4-12)8(7)10/h1-2H,4,12H2. The summed E-state index contributed by atoms with van der Waals surface area (Å²) in [5.74, 6) is 0. The van der Waals surface area contributed by atoms with Gasteiger partial charge in [0.25, 0.3) is 0 Å². The van der Waals surface area contributed by atoms with Crippen LogP contribution in [-0.4, -0.2) is 0 Å². The number of nitriles is 1. The van der Waals surface area contributed by atoms with Crippen LogP contribution in [0.4, 0.5) is 0 Å². The van der Waals surface area contributed by atoms with Crippen molar-refractivity contribution in [2.75, 3.05) is 0 Å². The van der Waals surface area contributed by atoms with Gasteiger partial charge in [0, 0.05) is 6.54 Å². The van der Waals surface area contributed by atoms with Crippen LogP contribution in [0.2, 0.25) is 10.0 Å². The summed E-state index contributed by atoms with van der Waals surface area (Å²) in [7, 11) is 0. The first kappa shape index (κ1) is 9.34. The molecule has 12 heavy (non-hydrogen) atoms. The fourth-order valence-corrected chi connectivity index (χ4v) is 1.28. The van der Waals surface area contributed by atoms with Gasteiger partial charge in [0.15, 0.2) is 0 Å². The summed E-state index contributed by atoms with van der Waals surface area (Å²) in [6.07, 6.45) is 0. The largest absolute Gasteiger partial charge is 0.326 e. The molecule has 2 nitrogen and oxygen atoms in total. The summed E-state index contributed by atoms with van der Waals surface area (Å²) >= 11 is 11.5. The smallest absolute Gasteiger partial charge is 0.0992 e. The molecule has 0 aromatic heterocycles. The van der Waals surface area contributed by atoms with Crippen molar-refractivity contribution in [2.24, 2.45) is 5.73 Å². The van der Waals surface area contributed by atoms with Crippen LogP contribution in [0.1, 0.15) is 11.1 Å². The van der Waals surface area contributed by atoms with Gasteiger partial charge in [-0.15, -0.1) is 0 Å². The number of nitrogens with two attached hydrogens (primary N) is 1. The van der Waals surface area contributed by atoms with Crippen LogP contribution in [0.15, 0.2) is 12.1 Å². The molecule has 0 saturated heterocycles. The Morgan fingerprint density at radius 1 is 1.42 bits per heavy atom. The SMILES string of the molecule is N#Cc1cc(Cl)c(Cl)c(CN)c1. The van der Waals surface area contributed by atoms with Crippen LogP contribution < -0.4 is 5.73 Å². The normalized spacial score (nSPS) is 9.50. The Morgan fingerprint density at radius 3 is 2.58 bits per heavy atom. The average Bonchev–Trinajstić information content (AvgIpc) is 2.09. The summed E-state index contributed by atoms with van der Waals surface area (Å²) < 4.78 is 0. The molecule has 0 bridgehead atoms. The molecule has 0 aliphatic carbocycles. The first-order chi connectivity index (χ1) is 5.69. The number of hydrogen-bond donors (Lipinski definition) is 1. The molecule has 2 N–H and O–H groups in total. The van der Waals surface area contributed by atoms with Gasteiger partial charge < -0.3 is 5.73 Å². The van der Waals surface area contributed by atoms with E-state index in [2.05, 4.69) is 0 Å². The van der Waals surface area contributed by atoms with E-state index in [1.807, 2.05) is 6.07 Å². The molecule has 4 heteroatoms. The monoisotopic (exact) mass is 200 g/mol. The van der Waals surface area contributed by atoms with E-state index in [1.54, 1.807) is 6.07 Å². The Hall–Kier alpha value is -0.750. The van der Waals surface area contributed by atoms with E-state index < -0.39 is 0 Å². The Morgan fingerprint density at radius 2 is 2.08 bits per heavy atom. The fraction of sp³-hybridized carbons (Fsp3) is 0.125. The highest BCUT2D eigenvalue weighted by atomic mass is 35.5. The predicted octanol–water partition coefficient (Wildman–Crippen LogP) is 2.32. The lowest BCUT2D eigenvalue weighted by atomic mass is 10.1. The zero-order chi connectivity index (χ0) is 9.14. The minimum absolute atomic E-state index is 0.286. The van der Waals surface area contributed by atoms with Crippen LogP contribution in [0, 0.1) is 11.3 Å². The molecule has 0 amide bonds. The first-order valence-electron chi connectivity index (χ1n) is 3.27. The lowest BCUT2D eigenvalue weighted by Crippen LogP contribution is -1.98. The second-order valence-corrected chi connectivity index (χ2v) is 3.03. The lowest BCUT2D eigenvalue weighted by molar-refractivity contribution is 1.07. The van der Waals surface area contributed by atoms with Crippen molar-refractivity contribution < 1.29 is 0 Å². The molecule has 1 aromatic carbocycles. The molecule has 0 atom stereocenters. The molecule has 0 spiro atoms. The van der Waals surface area contributed by atoms with Crippen molar-refractivity contribution in [2.45, 2.75) is 6.54 Å². The molecule has 1 rings (SSSR count). The van der Waals surface area contributed by atoms with Crippen LogP contribution in [-0.2, 0) is 6.54 Å². The van der Waals surface area contributed by atoms with Crippen LogP contribution >= 0.6 is 23.2 Å². The van der Waals surface area contributed by atoms with Gasteiger partial charge in [-0.05, 0) is 17.7 Å². The highest BCUT2D eigenvalue weighted by molar-refractivity contribution is 6.42. The van der Waals surface area contributed by atoms with Gasteiger partial charge in [0.2, 0.25) is 0 Å². The van der Waals surface area contributed by atoms with E-state index >= 15 is 0 Å². The molecule has 0 saturated carbocycles. The molecule has 0 heterocycles. The van der Waals surface area contributed by atoms with E-state index in [1.165, 1.54) is 6.07 Å². The van der Waals surface area contributed by atoms with Crippen molar-refractivity contribution in [3.05, 3.63) is 33.3 Å². The zero-order valence-corrected chi connectivity index (χ0v) is 7.65. The first-order valence-corrected chi connectivity index (χ1v) is 4.02. The maximum atomic E-state index is 8.58. The summed E-state index contributed by atoms with van der Waals surface area (Å²) in [6.45, 7) is 0.286. The Kier molecular flexibility index (Phi) is 2.93. The van der Waals surface area contributed by atoms with E-state index in [0.717, 1.165) is 0 Å². The molecular weight excluding hydrogens is 195 g/mol. The van der Waals surface area contributed by atoms with Gasteiger partial charge in [-0.2, -0.15) is 5.26 Å². The minimum Gasteiger partial charge on any atom is -0.326 e. The summed E-state index contributed by atoms with van der Waals surface area (Å²) in [4.78, 5) is 0. The van der Waals surface area contributed by atoms with E-state index in [9.17, 15) is 0 Å². The van der Waals surface area contributed by atoms with Gasteiger partial charge in [-0.25, -0.2) is 0 Å². The maximum absolute atomic E-state index is 8.58. The van der Waals surface area contributed by atoms with Crippen molar-refractivity contribution in [3.8, 4) is 6.07 Å². The number of nitrogens with zero attached hydrogens (tertiary/aromatic N) is 1. The predicted molar refractivity (Wildman–Crippen MR) is 49.1 cm³/mol. The third-order valence-corrected chi connectivity index (χ3v) is 2.29. The molecule has 62 valence electrons. The quantitative estimate of drug-likeness (QED) is 0.757. The topological polar surface area (TPSA) is 49.8 Å². The van der Waals surface area contributed by atoms with Crippen molar-refractivity contribution in [1.82, 2.24) is 0 Å². The van der Waals surface area contributed by atoms with E-state index in [0.29, 0.717) is 21.2 Å².